The third-order valence-corrected chi connectivity index (χ3v) is 8.65. The van der Waals surface area contributed by atoms with Crippen molar-refractivity contribution in [1.29, 1.82) is 0 Å². The molecule has 35 heavy (non-hydrogen) atoms. The molecule has 1 amide bonds. The van der Waals surface area contributed by atoms with Gasteiger partial charge in [-0.3, -0.25) is 9.10 Å². The van der Waals surface area contributed by atoms with E-state index in [9.17, 15) is 13.2 Å². The van der Waals surface area contributed by atoms with E-state index in [-0.39, 0.29) is 23.4 Å². The number of sulfonamides is 1. The van der Waals surface area contributed by atoms with E-state index < -0.39 is 16.1 Å². The van der Waals surface area contributed by atoms with Crippen LogP contribution in [0, 0.1) is 0 Å². The molecular weight excluding hydrogens is 460 g/mol. The number of fused-ring (bicyclic) bond motifs is 2. The minimum absolute atomic E-state index is 0.0965. The van der Waals surface area contributed by atoms with E-state index in [4.69, 9.17) is 4.74 Å². The molecule has 0 fully saturated rings. The smallest absolute Gasteiger partial charge is 0.264 e. The van der Waals surface area contributed by atoms with E-state index in [1.54, 1.807) is 54.6 Å². The molecule has 0 radical (unpaired) electrons. The first-order valence-electron chi connectivity index (χ1n) is 12.2. The van der Waals surface area contributed by atoms with Gasteiger partial charge in [-0.05, 0) is 73.1 Å². The first kappa shape index (κ1) is 23.4. The Balaban J connectivity index is 1.40. The predicted molar refractivity (Wildman–Crippen MR) is 136 cm³/mol. The second-order valence-corrected chi connectivity index (χ2v) is 11.0. The molecule has 1 N–H and O–H groups in total. The van der Waals surface area contributed by atoms with Gasteiger partial charge in [-0.2, -0.15) is 0 Å². The molecule has 7 heteroatoms. The lowest BCUT2D eigenvalue weighted by Crippen LogP contribution is -2.51. The molecule has 1 heterocycles. The third kappa shape index (κ3) is 4.65. The monoisotopic (exact) mass is 490 g/mol. The van der Waals surface area contributed by atoms with Gasteiger partial charge in [0.15, 0.2) is 6.10 Å². The average molecular weight is 491 g/mol. The largest absolute Gasteiger partial charge is 0.476 e. The number of aryl methyl sites for hydroxylation is 2. The maximum Gasteiger partial charge on any atom is 0.264 e. The molecule has 2 atom stereocenters. The molecule has 0 spiro atoms. The lowest BCUT2D eigenvalue weighted by Gasteiger charge is -2.35. The zero-order valence-electron chi connectivity index (χ0n) is 19.8. The van der Waals surface area contributed by atoms with E-state index >= 15 is 0 Å². The van der Waals surface area contributed by atoms with Gasteiger partial charge in [-0.1, -0.05) is 55.5 Å². The van der Waals surface area contributed by atoms with E-state index in [0.29, 0.717) is 11.4 Å². The molecule has 0 unspecified atom stereocenters. The van der Waals surface area contributed by atoms with E-state index in [1.165, 1.54) is 28.3 Å². The number of amides is 1. The van der Waals surface area contributed by atoms with Crippen molar-refractivity contribution < 1.29 is 17.9 Å². The first-order chi connectivity index (χ1) is 17.0. The Kier molecular flexibility index (Phi) is 6.52. The summed E-state index contributed by atoms with van der Waals surface area (Å²) in [4.78, 5) is 13.6. The van der Waals surface area contributed by atoms with Crippen LogP contribution in [-0.2, 0) is 27.7 Å². The van der Waals surface area contributed by atoms with E-state index in [2.05, 4.69) is 23.5 Å². The summed E-state index contributed by atoms with van der Waals surface area (Å²) >= 11 is 0. The summed E-state index contributed by atoms with van der Waals surface area (Å²) in [5.74, 6) is 0.0533. The fourth-order valence-corrected chi connectivity index (χ4v) is 6.44. The van der Waals surface area contributed by atoms with Gasteiger partial charge in [-0.15, -0.1) is 0 Å². The van der Waals surface area contributed by atoms with Crippen molar-refractivity contribution in [1.82, 2.24) is 5.32 Å². The van der Waals surface area contributed by atoms with Crippen LogP contribution in [0.4, 0.5) is 5.69 Å². The van der Waals surface area contributed by atoms with Gasteiger partial charge < -0.3 is 10.1 Å². The molecule has 5 rings (SSSR count). The van der Waals surface area contributed by atoms with Gasteiger partial charge in [0.05, 0.1) is 23.2 Å². The van der Waals surface area contributed by atoms with Gasteiger partial charge in [0.2, 0.25) is 0 Å². The Hall–Kier alpha value is -3.32. The van der Waals surface area contributed by atoms with Crippen molar-refractivity contribution in [2.45, 2.75) is 56.1 Å². The number of nitrogens with one attached hydrogen (secondary N) is 1. The number of nitrogens with zero attached hydrogens (tertiary/aromatic N) is 1. The number of rotatable bonds is 6. The molecule has 1 aliphatic heterocycles. The van der Waals surface area contributed by atoms with Crippen LogP contribution in [0.2, 0.25) is 0 Å². The molecule has 1 aliphatic carbocycles. The van der Waals surface area contributed by atoms with Gasteiger partial charge in [-0.25, -0.2) is 8.42 Å². The molecule has 3 aromatic rings. The Morgan fingerprint density at radius 2 is 1.71 bits per heavy atom. The fourth-order valence-electron chi connectivity index (χ4n) is 4.94. The van der Waals surface area contributed by atoms with Gasteiger partial charge in [0.1, 0.15) is 5.75 Å². The predicted octanol–water partition coefficient (Wildman–Crippen LogP) is 4.79. The lowest BCUT2D eigenvalue weighted by atomic mass is 9.88. The van der Waals surface area contributed by atoms with Crippen molar-refractivity contribution in [3.8, 4) is 5.75 Å². The maximum atomic E-state index is 13.5. The van der Waals surface area contributed by atoms with Crippen LogP contribution >= 0.6 is 0 Å². The van der Waals surface area contributed by atoms with Crippen LogP contribution in [0.3, 0.4) is 0 Å². The summed E-state index contributed by atoms with van der Waals surface area (Å²) in [7, 11) is -3.87. The Morgan fingerprint density at radius 1 is 1.00 bits per heavy atom. The van der Waals surface area contributed by atoms with Crippen molar-refractivity contribution in [3.05, 3.63) is 89.5 Å². The number of para-hydroxylation sites is 2. The molecule has 6 nitrogen and oxygen atoms in total. The molecule has 2 aliphatic rings. The van der Waals surface area contributed by atoms with Crippen LogP contribution in [0.1, 0.15) is 48.9 Å². The topological polar surface area (TPSA) is 75.7 Å². The standard InChI is InChI=1S/C28H30N2O4S/c1-2-24(22-17-16-20-10-6-7-11-21(20)18-22)29-28(31)27-19-30(25-14-8-9-15-26(25)34-27)35(32,33)23-12-4-3-5-13-23/h3-5,8-9,12-18,24,27H,2,6-7,10-11,19H2,1H3,(H,29,31)/t24-,27-/m1/s1. The number of anilines is 1. The quantitative estimate of drug-likeness (QED) is 0.539. The van der Waals surface area contributed by atoms with Crippen LogP contribution in [0.5, 0.6) is 5.75 Å². The van der Waals surface area contributed by atoms with Crippen molar-refractivity contribution >= 4 is 21.6 Å². The average Bonchev–Trinajstić information content (AvgIpc) is 2.91. The van der Waals surface area contributed by atoms with Crippen LogP contribution in [-0.4, -0.2) is 27.0 Å². The van der Waals surface area contributed by atoms with Crippen molar-refractivity contribution in [3.63, 3.8) is 0 Å². The molecule has 0 aromatic heterocycles. The zero-order chi connectivity index (χ0) is 24.4. The second-order valence-electron chi connectivity index (χ2n) is 9.13. The number of hydrogen-bond acceptors (Lipinski definition) is 4. The number of carbonyl (C=O) groups is 1. The van der Waals surface area contributed by atoms with Gasteiger partial charge >= 0.3 is 0 Å². The third-order valence-electron chi connectivity index (χ3n) is 6.86. The maximum absolute atomic E-state index is 13.5. The number of hydrogen-bond donors (Lipinski definition) is 1. The van der Waals surface area contributed by atoms with Crippen LogP contribution in [0.25, 0.3) is 0 Å². The molecule has 182 valence electrons. The SMILES string of the molecule is CC[C@@H](NC(=O)[C@H]1CN(S(=O)(=O)c2ccccc2)c2ccccc2O1)c1ccc2c(c1)CCCC2. The van der Waals surface area contributed by atoms with Crippen molar-refractivity contribution in [2.24, 2.45) is 0 Å². The highest BCUT2D eigenvalue weighted by Crippen LogP contribution is 2.37. The highest BCUT2D eigenvalue weighted by molar-refractivity contribution is 7.92. The highest BCUT2D eigenvalue weighted by Gasteiger charge is 2.38. The summed E-state index contributed by atoms with van der Waals surface area (Å²) in [6.45, 7) is 1.94. The molecule has 3 aromatic carbocycles. The Labute approximate surface area is 207 Å². The molecule has 0 bridgehead atoms. The van der Waals surface area contributed by atoms with Crippen LogP contribution < -0.4 is 14.4 Å². The normalized spacial score (nSPS) is 18.1. The number of benzene rings is 3. The Morgan fingerprint density at radius 3 is 2.49 bits per heavy atom. The van der Waals surface area contributed by atoms with E-state index in [0.717, 1.165) is 24.8 Å². The first-order valence-corrected chi connectivity index (χ1v) is 13.7. The minimum Gasteiger partial charge on any atom is -0.476 e. The minimum atomic E-state index is -3.87. The highest BCUT2D eigenvalue weighted by atomic mass is 32.2. The molecule has 0 saturated heterocycles. The lowest BCUT2D eigenvalue weighted by molar-refractivity contribution is -0.128. The van der Waals surface area contributed by atoms with Gasteiger partial charge in [0, 0.05) is 0 Å². The van der Waals surface area contributed by atoms with Crippen molar-refractivity contribution in [2.75, 3.05) is 10.8 Å². The number of ether oxygens (including phenoxy) is 1. The molecule has 0 saturated carbocycles. The van der Waals surface area contributed by atoms with Gasteiger partial charge in [0.25, 0.3) is 15.9 Å². The summed E-state index contributed by atoms with van der Waals surface area (Å²) in [5.41, 5.74) is 4.27. The van der Waals surface area contributed by atoms with Crippen LogP contribution in [0.15, 0.2) is 77.7 Å². The van der Waals surface area contributed by atoms with E-state index in [1.807, 2.05) is 6.92 Å². The zero-order valence-corrected chi connectivity index (χ0v) is 20.6. The summed E-state index contributed by atoms with van der Waals surface area (Å²) < 4.78 is 34.3. The fraction of sp³-hybridized carbons (Fsp3) is 0.321. The number of carbonyl (C=O) groups excluding carboxylic acids is 1. The second kappa shape index (κ2) is 9.74. The summed E-state index contributed by atoms with van der Waals surface area (Å²) in [6.07, 6.45) is 4.36. The Bertz CT molecular complexity index is 1320. The molecular formula is C28H30N2O4S. The summed E-state index contributed by atoms with van der Waals surface area (Å²) in [5, 5.41) is 3.12. The summed E-state index contributed by atoms with van der Waals surface area (Å²) in [6, 6.07) is 21.5.